The Morgan fingerprint density at radius 3 is 2.34 bits per heavy atom. The van der Waals surface area contributed by atoms with E-state index < -0.39 is 0 Å². The number of aryl methyl sites for hydroxylation is 1. The van der Waals surface area contributed by atoms with Gasteiger partial charge in [0.05, 0.1) is 5.52 Å². The Bertz CT molecular complexity index is 2000. The number of benzene rings is 4. The molecule has 8 rings (SSSR count). The van der Waals surface area contributed by atoms with Gasteiger partial charge in [0, 0.05) is 47.1 Å². The molecule has 4 aromatic carbocycles. The molecule has 0 radical (unpaired) electrons. The van der Waals surface area contributed by atoms with E-state index in [0.29, 0.717) is 0 Å². The summed E-state index contributed by atoms with van der Waals surface area (Å²) in [5, 5.41) is 2.39. The van der Waals surface area contributed by atoms with E-state index in [4.69, 9.17) is 4.98 Å². The summed E-state index contributed by atoms with van der Waals surface area (Å²) in [7, 11) is 2.04. The summed E-state index contributed by atoms with van der Waals surface area (Å²) in [5.74, 6) is 0.968. The van der Waals surface area contributed by atoms with Crippen LogP contribution in [0.25, 0.3) is 50.1 Å². The second kappa shape index (κ2) is 8.05. The third-order valence-corrected chi connectivity index (χ3v) is 7.86. The zero-order valence-corrected chi connectivity index (χ0v) is 20.9. The molecule has 0 aliphatic carbocycles. The normalized spacial score (nSPS) is 12.3. The van der Waals surface area contributed by atoms with Gasteiger partial charge in [-0.3, -0.25) is 4.57 Å². The monoisotopic (exact) mass is 486 g/mol. The summed E-state index contributed by atoms with van der Waals surface area (Å²) in [6, 6.07) is 39.1. The van der Waals surface area contributed by atoms with Crippen molar-refractivity contribution in [1.82, 2.24) is 19.1 Å². The SMILES string of the molecule is Cn1ccnc1-c1ccc2c(c1)B(c1ccc3c4ccccc4n(-c4ccccc4)c3n1)c1ccccc1-2. The van der Waals surface area contributed by atoms with E-state index >= 15 is 0 Å². The van der Waals surface area contributed by atoms with Crippen molar-refractivity contribution in [3.05, 3.63) is 122 Å². The number of aromatic nitrogens is 4. The minimum Gasteiger partial charge on any atom is -0.334 e. The smallest absolute Gasteiger partial charge is 0.266 e. The molecule has 7 aromatic rings. The lowest BCUT2D eigenvalue weighted by Crippen LogP contribution is -2.50. The molecule has 0 saturated heterocycles. The number of imidazole rings is 1. The average Bonchev–Trinajstić information content (AvgIpc) is 3.64. The molecule has 1 aliphatic heterocycles. The molecule has 5 heteroatoms. The predicted molar refractivity (Wildman–Crippen MR) is 157 cm³/mol. The molecular formula is C33H23BN4. The van der Waals surface area contributed by atoms with Gasteiger partial charge >= 0.3 is 0 Å². The summed E-state index contributed by atoms with van der Waals surface area (Å²) in [5.41, 5.74) is 10.6. The molecule has 1 aliphatic rings. The second-order valence-corrected chi connectivity index (χ2v) is 9.98. The maximum absolute atomic E-state index is 5.42. The molecule has 0 amide bonds. The average molecular weight is 486 g/mol. The topological polar surface area (TPSA) is 35.6 Å². The van der Waals surface area contributed by atoms with Crippen LogP contribution in [0.2, 0.25) is 0 Å². The fourth-order valence-corrected chi connectivity index (χ4v) is 6.16. The maximum atomic E-state index is 5.42. The van der Waals surface area contributed by atoms with Crippen LogP contribution in [-0.4, -0.2) is 25.8 Å². The highest BCUT2D eigenvalue weighted by Crippen LogP contribution is 2.31. The Morgan fingerprint density at radius 1 is 0.684 bits per heavy atom. The van der Waals surface area contributed by atoms with Crippen molar-refractivity contribution < 1.29 is 0 Å². The minimum atomic E-state index is 0.0491. The van der Waals surface area contributed by atoms with Gasteiger partial charge in [0.25, 0.3) is 6.71 Å². The highest BCUT2D eigenvalue weighted by molar-refractivity contribution is 6.98. The second-order valence-electron chi connectivity index (χ2n) is 9.98. The fourth-order valence-electron chi connectivity index (χ4n) is 6.16. The molecule has 0 unspecified atom stereocenters. The van der Waals surface area contributed by atoms with Crippen molar-refractivity contribution in [1.29, 1.82) is 0 Å². The van der Waals surface area contributed by atoms with E-state index in [1.54, 1.807) is 0 Å². The Hall–Kier alpha value is -4.90. The van der Waals surface area contributed by atoms with Gasteiger partial charge in [0.2, 0.25) is 0 Å². The van der Waals surface area contributed by atoms with Crippen molar-refractivity contribution in [2.75, 3.05) is 0 Å². The molecule has 0 N–H and O–H groups in total. The summed E-state index contributed by atoms with van der Waals surface area (Å²) in [4.78, 5) is 10.0. The molecule has 4 heterocycles. The van der Waals surface area contributed by atoms with Gasteiger partial charge in [-0.1, -0.05) is 89.8 Å². The Morgan fingerprint density at radius 2 is 1.47 bits per heavy atom. The van der Waals surface area contributed by atoms with Crippen LogP contribution in [0, 0.1) is 0 Å². The van der Waals surface area contributed by atoms with Crippen LogP contribution in [0.3, 0.4) is 0 Å². The summed E-state index contributed by atoms with van der Waals surface area (Å²) in [6.45, 7) is 0.0491. The fraction of sp³-hybridized carbons (Fsp3) is 0.0303. The third-order valence-electron chi connectivity index (χ3n) is 7.86. The maximum Gasteiger partial charge on any atom is 0.266 e. The van der Waals surface area contributed by atoms with Crippen LogP contribution in [0.1, 0.15) is 0 Å². The van der Waals surface area contributed by atoms with Crippen LogP contribution >= 0.6 is 0 Å². The number of hydrogen-bond donors (Lipinski definition) is 0. The van der Waals surface area contributed by atoms with Crippen molar-refractivity contribution in [3.63, 3.8) is 0 Å². The highest BCUT2D eigenvalue weighted by Gasteiger charge is 2.35. The lowest BCUT2D eigenvalue weighted by molar-refractivity contribution is 0.925. The van der Waals surface area contributed by atoms with E-state index in [0.717, 1.165) is 28.3 Å². The molecule has 0 bridgehead atoms. The zero-order valence-electron chi connectivity index (χ0n) is 20.9. The van der Waals surface area contributed by atoms with Crippen LogP contribution in [0.5, 0.6) is 0 Å². The van der Waals surface area contributed by atoms with Crippen molar-refractivity contribution in [3.8, 4) is 28.2 Å². The van der Waals surface area contributed by atoms with Gasteiger partial charge in [-0.15, -0.1) is 0 Å². The first-order valence-corrected chi connectivity index (χ1v) is 12.9. The molecule has 178 valence electrons. The molecule has 4 nitrogen and oxygen atoms in total. The van der Waals surface area contributed by atoms with Crippen LogP contribution in [0.15, 0.2) is 122 Å². The van der Waals surface area contributed by atoms with Crippen LogP contribution in [-0.2, 0) is 7.05 Å². The van der Waals surface area contributed by atoms with E-state index in [2.05, 4.69) is 123 Å². The van der Waals surface area contributed by atoms with Crippen molar-refractivity contribution in [2.24, 2.45) is 7.05 Å². The van der Waals surface area contributed by atoms with E-state index in [1.165, 1.54) is 38.3 Å². The Kier molecular flexibility index (Phi) is 4.50. The number of pyridine rings is 1. The van der Waals surface area contributed by atoms with E-state index in [-0.39, 0.29) is 6.71 Å². The first-order valence-electron chi connectivity index (χ1n) is 12.9. The number of para-hydroxylation sites is 2. The molecule has 0 saturated carbocycles. The standard InChI is InChI=1S/C33H23BN4/c1-37-20-19-35-32(37)22-15-16-25-24-11-5-7-13-28(24)34(29(25)21-22)31-18-17-27-26-12-6-8-14-30(26)38(33(27)36-31)23-9-3-2-4-10-23/h2-21H,1H3. The van der Waals surface area contributed by atoms with Crippen molar-refractivity contribution >= 4 is 45.2 Å². The Balaban J connectivity index is 1.39. The van der Waals surface area contributed by atoms with Gasteiger partial charge in [0.15, 0.2) is 0 Å². The lowest BCUT2D eigenvalue weighted by Gasteiger charge is -2.13. The molecular weight excluding hydrogens is 463 g/mol. The zero-order chi connectivity index (χ0) is 25.2. The molecule has 3 aromatic heterocycles. The number of hydrogen-bond acceptors (Lipinski definition) is 2. The number of fused-ring (bicyclic) bond motifs is 6. The van der Waals surface area contributed by atoms with Gasteiger partial charge in [-0.25, -0.2) is 9.97 Å². The summed E-state index contributed by atoms with van der Waals surface area (Å²) in [6.07, 6.45) is 3.85. The predicted octanol–water partition coefficient (Wildman–Crippen LogP) is 5.08. The van der Waals surface area contributed by atoms with Crippen LogP contribution < -0.4 is 16.5 Å². The van der Waals surface area contributed by atoms with Crippen molar-refractivity contribution in [2.45, 2.75) is 0 Å². The van der Waals surface area contributed by atoms with Gasteiger partial charge in [-0.2, -0.15) is 0 Å². The summed E-state index contributed by atoms with van der Waals surface area (Å²) < 4.78 is 4.36. The highest BCUT2D eigenvalue weighted by atomic mass is 15.0. The quantitative estimate of drug-likeness (QED) is 0.327. The lowest BCUT2D eigenvalue weighted by atomic mass is 9.40. The summed E-state index contributed by atoms with van der Waals surface area (Å²) >= 11 is 0. The molecule has 0 atom stereocenters. The van der Waals surface area contributed by atoms with Gasteiger partial charge in [0.1, 0.15) is 11.5 Å². The van der Waals surface area contributed by atoms with Gasteiger partial charge < -0.3 is 4.57 Å². The first kappa shape index (κ1) is 21.2. The number of rotatable bonds is 3. The first-order chi connectivity index (χ1) is 18.8. The minimum absolute atomic E-state index is 0.0491. The molecule has 38 heavy (non-hydrogen) atoms. The van der Waals surface area contributed by atoms with Crippen LogP contribution in [0.4, 0.5) is 0 Å². The van der Waals surface area contributed by atoms with E-state index in [1.807, 2.05) is 19.4 Å². The number of nitrogens with zero attached hydrogens (tertiary/aromatic N) is 4. The largest absolute Gasteiger partial charge is 0.334 e. The Labute approximate surface area is 220 Å². The van der Waals surface area contributed by atoms with E-state index in [9.17, 15) is 0 Å². The molecule has 0 fully saturated rings. The third kappa shape index (κ3) is 2.99. The molecule has 0 spiro atoms. The van der Waals surface area contributed by atoms with Gasteiger partial charge in [-0.05, 0) is 41.5 Å².